The van der Waals surface area contributed by atoms with Crippen molar-refractivity contribution in [1.82, 2.24) is 4.98 Å². The van der Waals surface area contributed by atoms with Crippen LogP contribution in [0, 0.1) is 5.92 Å². The molecule has 1 unspecified atom stereocenters. The zero-order valence-corrected chi connectivity index (χ0v) is 12.4. The van der Waals surface area contributed by atoms with Crippen LogP contribution in [0.15, 0.2) is 22.6 Å². The van der Waals surface area contributed by atoms with Crippen LogP contribution in [-0.2, 0) is 6.42 Å². The maximum Gasteiger partial charge on any atom is 0.195 e. The number of nitrogens with zero attached hydrogens (tertiary/aromatic N) is 1. The number of anilines is 1. The Hall–Kier alpha value is -1.51. The first-order valence-electron chi connectivity index (χ1n) is 7.24. The molecular weight excluding hydrogens is 236 g/mol. The number of fused-ring (bicyclic) bond motifs is 1. The summed E-state index contributed by atoms with van der Waals surface area (Å²) in [6.45, 7) is 8.81. The van der Waals surface area contributed by atoms with Crippen LogP contribution in [0.4, 0.5) is 5.69 Å². The molecule has 1 atom stereocenters. The number of aryl methyl sites for hydroxylation is 1. The zero-order chi connectivity index (χ0) is 13.8. The average Bonchev–Trinajstić information content (AvgIpc) is 2.78. The van der Waals surface area contributed by atoms with Gasteiger partial charge in [0.15, 0.2) is 11.5 Å². The summed E-state index contributed by atoms with van der Waals surface area (Å²) in [4.78, 5) is 4.47. The summed E-state index contributed by atoms with van der Waals surface area (Å²) in [6, 6.07) is 6.62. The van der Waals surface area contributed by atoms with E-state index in [9.17, 15) is 0 Å². The van der Waals surface area contributed by atoms with Gasteiger partial charge in [-0.2, -0.15) is 0 Å². The molecule has 0 bridgehead atoms. The quantitative estimate of drug-likeness (QED) is 0.823. The van der Waals surface area contributed by atoms with E-state index in [0.29, 0.717) is 6.04 Å². The van der Waals surface area contributed by atoms with Crippen molar-refractivity contribution < 1.29 is 4.42 Å². The maximum atomic E-state index is 5.62. The number of oxazole rings is 1. The lowest BCUT2D eigenvalue weighted by atomic mass is 10.0. The molecule has 2 rings (SSSR count). The second kappa shape index (κ2) is 6.09. The Labute approximate surface area is 115 Å². The molecule has 3 nitrogen and oxygen atoms in total. The number of benzene rings is 1. The summed E-state index contributed by atoms with van der Waals surface area (Å²) in [5, 5.41) is 3.53. The molecule has 1 aromatic heterocycles. The molecule has 0 radical (unpaired) electrons. The van der Waals surface area contributed by atoms with Gasteiger partial charge in [-0.15, -0.1) is 0 Å². The highest BCUT2D eigenvalue weighted by atomic mass is 16.3. The molecule has 0 spiro atoms. The van der Waals surface area contributed by atoms with Gasteiger partial charge in [-0.05, 0) is 43.9 Å². The van der Waals surface area contributed by atoms with E-state index < -0.39 is 0 Å². The van der Waals surface area contributed by atoms with Crippen LogP contribution in [0.1, 0.15) is 46.4 Å². The van der Waals surface area contributed by atoms with E-state index >= 15 is 0 Å². The predicted molar refractivity (Wildman–Crippen MR) is 80.5 cm³/mol. The summed E-state index contributed by atoms with van der Waals surface area (Å²) in [5.74, 6) is 1.56. The maximum absolute atomic E-state index is 5.62. The minimum Gasteiger partial charge on any atom is -0.441 e. The van der Waals surface area contributed by atoms with E-state index in [-0.39, 0.29) is 0 Å². The SMILES string of the molecule is CCc1nc2cc(NC(C)CCC(C)C)ccc2o1. The Morgan fingerprint density at radius 1 is 1.21 bits per heavy atom. The lowest BCUT2D eigenvalue weighted by molar-refractivity contribution is 0.527. The van der Waals surface area contributed by atoms with E-state index in [4.69, 9.17) is 4.42 Å². The molecule has 104 valence electrons. The highest BCUT2D eigenvalue weighted by Crippen LogP contribution is 2.21. The van der Waals surface area contributed by atoms with E-state index in [1.54, 1.807) is 0 Å². The molecule has 3 heteroatoms. The summed E-state index contributed by atoms with van der Waals surface area (Å²) < 4.78 is 5.62. The van der Waals surface area contributed by atoms with Gasteiger partial charge in [-0.1, -0.05) is 20.8 Å². The van der Waals surface area contributed by atoms with Crippen molar-refractivity contribution in [2.45, 2.75) is 53.0 Å². The third kappa shape index (κ3) is 3.72. The standard InChI is InChI=1S/C16H24N2O/c1-5-16-18-14-10-13(8-9-15(14)19-16)17-12(4)7-6-11(2)3/h8-12,17H,5-7H2,1-4H3. The third-order valence-corrected chi connectivity index (χ3v) is 3.32. The highest BCUT2D eigenvalue weighted by Gasteiger charge is 2.07. The van der Waals surface area contributed by atoms with E-state index in [2.05, 4.69) is 50.1 Å². The predicted octanol–water partition coefficient (Wildman–Crippen LogP) is 4.63. The Kier molecular flexibility index (Phi) is 4.46. The fourth-order valence-electron chi connectivity index (χ4n) is 2.16. The van der Waals surface area contributed by atoms with Crippen molar-refractivity contribution in [3.8, 4) is 0 Å². The van der Waals surface area contributed by atoms with Gasteiger partial charge in [0, 0.05) is 18.2 Å². The fourth-order valence-corrected chi connectivity index (χ4v) is 2.16. The molecular formula is C16H24N2O. The summed E-state index contributed by atoms with van der Waals surface area (Å²) in [6.07, 6.45) is 3.28. The molecule has 0 saturated carbocycles. The lowest BCUT2D eigenvalue weighted by Gasteiger charge is -2.16. The number of aromatic nitrogens is 1. The largest absolute Gasteiger partial charge is 0.441 e. The molecule has 19 heavy (non-hydrogen) atoms. The smallest absolute Gasteiger partial charge is 0.195 e. The molecule has 0 fully saturated rings. The summed E-state index contributed by atoms with van der Waals surface area (Å²) in [7, 11) is 0. The van der Waals surface area contributed by atoms with Crippen LogP contribution in [0.5, 0.6) is 0 Å². The monoisotopic (exact) mass is 260 g/mol. The molecule has 1 N–H and O–H groups in total. The van der Waals surface area contributed by atoms with E-state index in [1.807, 2.05) is 6.07 Å². The molecule has 1 heterocycles. The molecule has 2 aromatic rings. The second-order valence-electron chi connectivity index (χ2n) is 5.66. The molecule has 0 aliphatic carbocycles. The Morgan fingerprint density at radius 2 is 2.00 bits per heavy atom. The van der Waals surface area contributed by atoms with Crippen LogP contribution >= 0.6 is 0 Å². The van der Waals surface area contributed by atoms with Crippen LogP contribution in [0.25, 0.3) is 11.1 Å². The topological polar surface area (TPSA) is 38.1 Å². The van der Waals surface area contributed by atoms with Crippen LogP contribution in [0.3, 0.4) is 0 Å². The number of hydrogen-bond donors (Lipinski definition) is 1. The van der Waals surface area contributed by atoms with Crippen LogP contribution in [0.2, 0.25) is 0 Å². The van der Waals surface area contributed by atoms with Gasteiger partial charge >= 0.3 is 0 Å². The Bertz CT molecular complexity index is 531. The van der Waals surface area contributed by atoms with Crippen LogP contribution in [-0.4, -0.2) is 11.0 Å². The van der Waals surface area contributed by atoms with E-state index in [0.717, 1.165) is 35.0 Å². The minimum absolute atomic E-state index is 0.484. The fraction of sp³-hybridized carbons (Fsp3) is 0.562. The summed E-state index contributed by atoms with van der Waals surface area (Å²) >= 11 is 0. The first-order valence-corrected chi connectivity index (χ1v) is 7.24. The van der Waals surface area contributed by atoms with Gasteiger partial charge in [-0.25, -0.2) is 4.98 Å². The van der Waals surface area contributed by atoms with Crippen molar-refractivity contribution in [1.29, 1.82) is 0 Å². The van der Waals surface area contributed by atoms with Gasteiger partial charge in [-0.3, -0.25) is 0 Å². The normalized spacial score (nSPS) is 13.1. The molecule has 0 amide bonds. The Balaban J connectivity index is 2.04. The first kappa shape index (κ1) is 13.9. The Morgan fingerprint density at radius 3 is 2.68 bits per heavy atom. The molecule has 0 aliphatic rings. The zero-order valence-electron chi connectivity index (χ0n) is 12.4. The first-order chi connectivity index (χ1) is 9.08. The molecule has 1 aromatic carbocycles. The number of rotatable bonds is 6. The van der Waals surface area contributed by atoms with Gasteiger partial charge in [0.05, 0.1) is 0 Å². The van der Waals surface area contributed by atoms with Gasteiger partial charge in [0.1, 0.15) is 5.52 Å². The van der Waals surface area contributed by atoms with Crippen molar-refractivity contribution in [2.75, 3.05) is 5.32 Å². The van der Waals surface area contributed by atoms with Gasteiger partial charge in [0.2, 0.25) is 0 Å². The second-order valence-corrected chi connectivity index (χ2v) is 5.66. The third-order valence-electron chi connectivity index (χ3n) is 3.32. The highest BCUT2D eigenvalue weighted by molar-refractivity contribution is 5.77. The van der Waals surface area contributed by atoms with Gasteiger partial charge in [0.25, 0.3) is 0 Å². The number of hydrogen-bond acceptors (Lipinski definition) is 3. The van der Waals surface area contributed by atoms with Crippen molar-refractivity contribution >= 4 is 16.8 Å². The van der Waals surface area contributed by atoms with Crippen molar-refractivity contribution in [3.63, 3.8) is 0 Å². The average molecular weight is 260 g/mol. The van der Waals surface area contributed by atoms with Crippen molar-refractivity contribution in [3.05, 3.63) is 24.1 Å². The van der Waals surface area contributed by atoms with Crippen LogP contribution < -0.4 is 5.32 Å². The van der Waals surface area contributed by atoms with Crippen molar-refractivity contribution in [2.24, 2.45) is 5.92 Å². The number of nitrogens with one attached hydrogen (secondary N) is 1. The molecule has 0 aliphatic heterocycles. The minimum atomic E-state index is 0.484. The van der Waals surface area contributed by atoms with Gasteiger partial charge < -0.3 is 9.73 Å². The summed E-state index contributed by atoms with van der Waals surface area (Å²) in [5.41, 5.74) is 2.94. The van der Waals surface area contributed by atoms with E-state index in [1.165, 1.54) is 12.8 Å². The molecule has 0 saturated heterocycles. The lowest BCUT2D eigenvalue weighted by Crippen LogP contribution is -2.15.